The zero-order chi connectivity index (χ0) is 19.1. The van der Waals surface area contributed by atoms with E-state index < -0.39 is 19.6 Å². The average molecular weight is 373 g/mol. The Morgan fingerprint density at radius 3 is 1.92 bits per heavy atom. The normalized spacial score (nSPS) is 17.1. The molecule has 0 aliphatic heterocycles. The van der Waals surface area contributed by atoms with Crippen LogP contribution in [0, 0.1) is 5.82 Å². The van der Waals surface area contributed by atoms with Gasteiger partial charge in [0.15, 0.2) is 8.32 Å². The van der Waals surface area contributed by atoms with Gasteiger partial charge in [-0.05, 0) is 49.2 Å². The maximum absolute atomic E-state index is 16.2. The Morgan fingerprint density at radius 2 is 1.52 bits per heavy atom. The van der Waals surface area contributed by atoms with Crippen LogP contribution in [0.25, 0.3) is 0 Å². The molecule has 0 aliphatic rings. The first-order valence-corrected chi connectivity index (χ1v) is 12.0. The van der Waals surface area contributed by atoms with Gasteiger partial charge in [-0.2, -0.15) is 0 Å². The second-order valence-corrected chi connectivity index (χ2v) is 11.8. The SMILES string of the molecule is CCCC(F)(CCO)C(C)(O[Si](CC)(CC)CC)c1ccc(F)cc1. The summed E-state index contributed by atoms with van der Waals surface area (Å²) < 4.78 is 36.3. The first kappa shape index (κ1) is 22.3. The standard InChI is InChI=1S/C20H34F2O2Si/c1-6-14-20(22,15-16-23)19(5,17-10-12-18(21)13-11-17)24-25(7-2,8-3)9-4/h10-13,23H,6-9,14-16H2,1-5H3. The molecule has 0 aromatic heterocycles. The molecule has 0 bridgehead atoms. The monoisotopic (exact) mass is 372 g/mol. The summed E-state index contributed by atoms with van der Waals surface area (Å²) in [4.78, 5) is 0. The van der Waals surface area contributed by atoms with E-state index >= 15 is 4.39 Å². The van der Waals surface area contributed by atoms with Gasteiger partial charge in [-0.15, -0.1) is 0 Å². The lowest BCUT2D eigenvalue weighted by atomic mass is 9.76. The third kappa shape index (κ3) is 4.69. The van der Waals surface area contributed by atoms with Crippen LogP contribution < -0.4 is 0 Å². The van der Waals surface area contributed by atoms with Gasteiger partial charge in [-0.3, -0.25) is 0 Å². The van der Waals surface area contributed by atoms with Crippen LogP contribution in [-0.4, -0.2) is 25.7 Å². The molecule has 25 heavy (non-hydrogen) atoms. The quantitative estimate of drug-likeness (QED) is 0.486. The zero-order valence-corrected chi connectivity index (χ0v) is 17.4. The maximum atomic E-state index is 16.2. The van der Waals surface area contributed by atoms with Crippen molar-refractivity contribution in [1.82, 2.24) is 0 Å². The lowest BCUT2D eigenvalue weighted by Crippen LogP contribution is -2.55. The van der Waals surface area contributed by atoms with Crippen molar-refractivity contribution >= 4 is 8.32 Å². The van der Waals surface area contributed by atoms with E-state index in [4.69, 9.17) is 4.43 Å². The molecular weight excluding hydrogens is 338 g/mol. The van der Waals surface area contributed by atoms with Crippen LogP contribution in [0.2, 0.25) is 18.1 Å². The van der Waals surface area contributed by atoms with E-state index in [-0.39, 0.29) is 18.8 Å². The van der Waals surface area contributed by atoms with Crippen LogP contribution in [0.3, 0.4) is 0 Å². The molecule has 0 amide bonds. The molecule has 0 aliphatic carbocycles. The van der Waals surface area contributed by atoms with Crippen LogP contribution in [0.4, 0.5) is 8.78 Å². The van der Waals surface area contributed by atoms with Gasteiger partial charge in [0.05, 0.1) is 0 Å². The minimum Gasteiger partial charge on any atom is -0.404 e. The topological polar surface area (TPSA) is 29.5 Å². The summed E-state index contributed by atoms with van der Waals surface area (Å²) in [5, 5.41) is 9.51. The molecule has 0 radical (unpaired) electrons. The number of alkyl halides is 1. The summed E-state index contributed by atoms with van der Waals surface area (Å²) in [6.45, 7) is 9.80. The Morgan fingerprint density at radius 1 is 1.00 bits per heavy atom. The van der Waals surface area contributed by atoms with Gasteiger partial charge in [0.2, 0.25) is 0 Å². The minimum atomic E-state index is -2.13. The molecule has 0 saturated heterocycles. The Hall–Kier alpha value is -0.783. The summed E-state index contributed by atoms with van der Waals surface area (Å²) in [7, 11) is -2.13. The minimum absolute atomic E-state index is 0.0103. The maximum Gasteiger partial charge on any atom is 0.193 e. The molecule has 5 heteroatoms. The smallest absolute Gasteiger partial charge is 0.193 e. The molecule has 1 N–H and O–H groups in total. The van der Waals surface area contributed by atoms with E-state index in [1.807, 2.05) is 6.92 Å². The number of rotatable bonds is 11. The van der Waals surface area contributed by atoms with E-state index in [2.05, 4.69) is 20.8 Å². The Kier molecular flexibility index (Phi) is 8.23. The highest BCUT2D eigenvalue weighted by Crippen LogP contribution is 2.47. The van der Waals surface area contributed by atoms with Gasteiger partial charge in [0.25, 0.3) is 0 Å². The molecule has 2 unspecified atom stereocenters. The van der Waals surface area contributed by atoms with Crippen LogP contribution in [-0.2, 0) is 10.0 Å². The van der Waals surface area contributed by atoms with E-state index in [0.29, 0.717) is 18.4 Å². The highest BCUT2D eigenvalue weighted by atomic mass is 28.4. The molecule has 1 aromatic rings. The Labute approximate surface area is 152 Å². The van der Waals surface area contributed by atoms with E-state index in [1.54, 1.807) is 19.1 Å². The lowest BCUT2D eigenvalue weighted by Gasteiger charge is -2.48. The number of hydrogen-bond acceptors (Lipinski definition) is 2. The van der Waals surface area contributed by atoms with Gasteiger partial charge in [-0.25, -0.2) is 8.78 Å². The van der Waals surface area contributed by atoms with Crippen LogP contribution in [0.1, 0.15) is 59.4 Å². The second kappa shape index (κ2) is 9.24. The van der Waals surface area contributed by atoms with Crippen molar-refractivity contribution in [2.45, 2.75) is 83.3 Å². The fraction of sp³-hybridized carbons (Fsp3) is 0.700. The molecule has 144 valence electrons. The molecule has 1 aromatic carbocycles. The highest BCUT2D eigenvalue weighted by Gasteiger charge is 2.53. The van der Waals surface area contributed by atoms with E-state index in [1.165, 1.54) is 12.1 Å². The van der Waals surface area contributed by atoms with Crippen molar-refractivity contribution in [2.24, 2.45) is 0 Å². The van der Waals surface area contributed by atoms with Crippen molar-refractivity contribution in [3.05, 3.63) is 35.6 Å². The van der Waals surface area contributed by atoms with Crippen molar-refractivity contribution in [3.8, 4) is 0 Å². The first-order chi connectivity index (χ1) is 11.8. The third-order valence-electron chi connectivity index (χ3n) is 5.76. The van der Waals surface area contributed by atoms with Crippen LogP contribution in [0.15, 0.2) is 24.3 Å². The third-order valence-corrected chi connectivity index (χ3v) is 10.5. The molecule has 2 nitrogen and oxygen atoms in total. The van der Waals surface area contributed by atoms with Crippen LogP contribution >= 0.6 is 0 Å². The fourth-order valence-corrected chi connectivity index (χ4v) is 6.85. The number of aliphatic hydroxyl groups is 1. The highest BCUT2D eigenvalue weighted by molar-refractivity contribution is 6.73. The van der Waals surface area contributed by atoms with Crippen molar-refractivity contribution in [3.63, 3.8) is 0 Å². The van der Waals surface area contributed by atoms with E-state index in [9.17, 15) is 9.50 Å². The summed E-state index contributed by atoms with van der Waals surface area (Å²) in [5.74, 6) is -0.349. The summed E-state index contributed by atoms with van der Waals surface area (Å²) in [6.07, 6.45) is 0.953. The number of hydrogen-bond donors (Lipinski definition) is 1. The first-order valence-electron chi connectivity index (χ1n) is 9.52. The number of benzene rings is 1. The summed E-state index contributed by atoms with van der Waals surface area (Å²) >= 11 is 0. The Balaban J connectivity index is 3.51. The predicted molar refractivity (Wildman–Crippen MR) is 102 cm³/mol. The average Bonchev–Trinajstić information content (AvgIpc) is 2.60. The summed E-state index contributed by atoms with van der Waals surface area (Å²) in [6, 6.07) is 8.66. The van der Waals surface area contributed by atoms with Crippen molar-refractivity contribution < 1.29 is 18.3 Å². The number of aliphatic hydroxyl groups excluding tert-OH is 1. The van der Waals surface area contributed by atoms with Gasteiger partial charge >= 0.3 is 0 Å². The van der Waals surface area contributed by atoms with Gasteiger partial charge in [0, 0.05) is 13.0 Å². The predicted octanol–water partition coefficient (Wildman–Crippen LogP) is 5.95. The van der Waals surface area contributed by atoms with E-state index in [0.717, 1.165) is 18.1 Å². The molecule has 0 heterocycles. The number of halogens is 2. The molecule has 0 fully saturated rings. The van der Waals surface area contributed by atoms with Crippen LogP contribution in [0.5, 0.6) is 0 Å². The van der Waals surface area contributed by atoms with Gasteiger partial charge in [-0.1, -0.05) is 46.2 Å². The summed E-state index contributed by atoms with van der Waals surface area (Å²) in [5.41, 5.74) is -2.26. The molecule has 2 atom stereocenters. The lowest BCUT2D eigenvalue weighted by molar-refractivity contribution is -0.101. The molecule has 0 spiro atoms. The largest absolute Gasteiger partial charge is 0.404 e. The van der Waals surface area contributed by atoms with Crippen molar-refractivity contribution in [2.75, 3.05) is 6.61 Å². The molecule has 0 saturated carbocycles. The van der Waals surface area contributed by atoms with Crippen molar-refractivity contribution in [1.29, 1.82) is 0 Å². The molecular formula is C20H34F2O2Si. The second-order valence-electron chi connectivity index (χ2n) is 7.07. The zero-order valence-electron chi connectivity index (χ0n) is 16.4. The Bertz CT molecular complexity index is 503. The molecule has 1 rings (SSSR count). The van der Waals surface area contributed by atoms with Gasteiger partial charge in [0.1, 0.15) is 17.1 Å². The fourth-order valence-electron chi connectivity index (χ4n) is 3.75. The van der Waals surface area contributed by atoms with Gasteiger partial charge < -0.3 is 9.53 Å².